The van der Waals surface area contributed by atoms with Crippen LogP contribution in [0.2, 0.25) is 0 Å². The number of hydrogen-bond acceptors (Lipinski definition) is 5. The molecule has 168 valence electrons. The quantitative estimate of drug-likeness (QED) is 0.266. The molecule has 1 fully saturated rings. The van der Waals surface area contributed by atoms with Crippen molar-refractivity contribution in [2.45, 2.75) is 0 Å². The van der Waals surface area contributed by atoms with Gasteiger partial charge in [-0.1, -0.05) is 54.6 Å². The van der Waals surface area contributed by atoms with Crippen LogP contribution in [0.1, 0.15) is 5.56 Å². The van der Waals surface area contributed by atoms with Crippen molar-refractivity contribution in [2.24, 2.45) is 4.99 Å². The Labute approximate surface area is 198 Å². The molecule has 0 aliphatic carbocycles. The molecular weight excluding hydrogens is 438 g/mol. The van der Waals surface area contributed by atoms with Gasteiger partial charge in [-0.05, 0) is 29.0 Å². The number of halogens is 1. The van der Waals surface area contributed by atoms with Crippen molar-refractivity contribution >= 4 is 46.7 Å². The minimum Gasteiger partial charge on any atom is -0.402 e. The first kappa shape index (κ1) is 22.4. The lowest BCUT2D eigenvalue weighted by Gasteiger charge is -2.35. The number of benzene rings is 3. The fraction of sp³-hybridized carbons (Fsp3) is 0.160. The van der Waals surface area contributed by atoms with Crippen LogP contribution in [0.4, 0.5) is 5.69 Å². The fourth-order valence-electron chi connectivity index (χ4n) is 3.91. The van der Waals surface area contributed by atoms with Gasteiger partial charge in [0.2, 0.25) is 5.90 Å². The van der Waals surface area contributed by atoms with E-state index in [9.17, 15) is 4.79 Å². The van der Waals surface area contributed by atoms with E-state index in [1.807, 2.05) is 77.7 Å². The van der Waals surface area contributed by atoms with Gasteiger partial charge in [0.15, 0.2) is 11.7 Å². The van der Waals surface area contributed by atoms with Gasteiger partial charge in [-0.25, -0.2) is 9.79 Å². The van der Waals surface area contributed by atoms with Crippen LogP contribution in [0.25, 0.3) is 10.8 Å². The lowest BCUT2D eigenvalue weighted by atomic mass is 10.0. The molecule has 0 atom stereocenters. The molecule has 0 bridgehead atoms. The van der Waals surface area contributed by atoms with Gasteiger partial charge in [0.1, 0.15) is 0 Å². The number of para-hydroxylation sites is 1. The van der Waals surface area contributed by atoms with Gasteiger partial charge >= 0.3 is 5.97 Å². The summed E-state index contributed by atoms with van der Waals surface area (Å²) in [6.45, 7) is 2.73. The maximum Gasteiger partial charge on any atom is 0.365 e. The molecule has 3 aromatic carbocycles. The smallest absolute Gasteiger partial charge is 0.365 e. The second kappa shape index (κ2) is 9.75. The highest BCUT2D eigenvalue weighted by Crippen LogP contribution is 2.24. The van der Waals surface area contributed by atoms with E-state index in [1.54, 1.807) is 6.20 Å². The molecule has 2 aliphatic heterocycles. The van der Waals surface area contributed by atoms with Gasteiger partial charge in [0.05, 0.1) is 0 Å². The molecule has 0 aromatic heterocycles. The van der Waals surface area contributed by atoms with Gasteiger partial charge in [-0.3, -0.25) is 5.41 Å². The highest BCUT2D eigenvalue weighted by atomic mass is 35.5. The number of anilines is 1. The zero-order valence-electron chi connectivity index (χ0n) is 17.9. The predicted octanol–water partition coefficient (Wildman–Crippen LogP) is 4.07. The molecule has 5 rings (SSSR count). The summed E-state index contributed by atoms with van der Waals surface area (Å²) in [7, 11) is 0. The van der Waals surface area contributed by atoms with Gasteiger partial charge in [0, 0.05) is 43.6 Å². The number of carbonyl (C=O) groups excluding carboxylic acids is 1. The van der Waals surface area contributed by atoms with Crippen LogP contribution in [0.5, 0.6) is 0 Å². The highest BCUT2D eigenvalue weighted by molar-refractivity contribution is 6.16. The Bertz CT molecular complexity index is 1230. The molecular formula is C25H24ClN5O2. The zero-order valence-corrected chi connectivity index (χ0v) is 18.7. The Morgan fingerprint density at radius 1 is 0.939 bits per heavy atom. The molecule has 3 aromatic rings. The van der Waals surface area contributed by atoms with Crippen LogP contribution >= 0.6 is 12.4 Å². The maximum atomic E-state index is 12.5. The number of carbonyl (C=O) groups is 1. The molecule has 0 unspecified atom stereocenters. The molecule has 0 spiro atoms. The molecule has 0 radical (unpaired) electrons. The lowest BCUT2D eigenvalue weighted by Crippen LogP contribution is -2.48. The monoisotopic (exact) mass is 461 g/mol. The first-order valence-corrected chi connectivity index (χ1v) is 10.6. The average Bonchev–Trinajstić information content (AvgIpc) is 3.19. The van der Waals surface area contributed by atoms with E-state index in [2.05, 4.69) is 15.2 Å². The van der Waals surface area contributed by atoms with Crippen LogP contribution in [0.15, 0.2) is 89.7 Å². The third-order valence-electron chi connectivity index (χ3n) is 5.61. The number of aliphatic imine (C=N–C) groups is 1. The van der Waals surface area contributed by atoms with E-state index in [0.29, 0.717) is 43.7 Å². The molecule has 7 nitrogen and oxygen atoms in total. The van der Waals surface area contributed by atoms with E-state index < -0.39 is 5.97 Å². The summed E-state index contributed by atoms with van der Waals surface area (Å²) in [5.74, 6) is 0.277. The summed E-state index contributed by atoms with van der Waals surface area (Å²) in [5, 5.41) is 13.5. The third-order valence-corrected chi connectivity index (χ3v) is 5.61. The van der Waals surface area contributed by atoms with E-state index in [4.69, 9.17) is 10.1 Å². The van der Waals surface area contributed by atoms with Crippen molar-refractivity contribution in [3.05, 3.63) is 90.3 Å². The normalized spacial score (nSPS) is 16.9. The number of nitrogens with zero attached hydrogens (tertiary/aromatic N) is 3. The summed E-state index contributed by atoms with van der Waals surface area (Å²) >= 11 is 0. The summed E-state index contributed by atoms with van der Waals surface area (Å²) in [5.41, 5.74) is 2.01. The molecule has 2 heterocycles. The standard InChI is InChI=1S/C25H23N5O2.ClH/c26-25(27-19-9-2-1-3-10-19)30-15-13-29(14-16-30)17-22-24(31)32-23(28-22)21-12-6-8-18-7-4-5-11-20(18)21;/h1-12,17H,13-16H2,(H2,26,27);1H. The Balaban J connectivity index is 0.00000259. The molecule has 0 amide bonds. The summed E-state index contributed by atoms with van der Waals surface area (Å²) in [4.78, 5) is 21.0. The van der Waals surface area contributed by atoms with Crippen molar-refractivity contribution in [3.8, 4) is 0 Å². The number of guanidine groups is 1. The Kier molecular flexibility index (Phi) is 6.60. The zero-order chi connectivity index (χ0) is 21.9. The number of nitrogens with one attached hydrogen (secondary N) is 2. The van der Waals surface area contributed by atoms with Crippen LogP contribution in [-0.4, -0.2) is 53.8 Å². The Morgan fingerprint density at radius 3 is 2.42 bits per heavy atom. The fourth-order valence-corrected chi connectivity index (χ4v) is 3.91. The van der Waals surface area contributed by atoms with Crippen molar-refractivity contribution < 1.29 is 9.53 Å². The van der Waals surface area contributed by atoms with Crippen molar-refractivity contribution in [3.63, 3.8) is 0 Å². The van der Waals surface area contributed by atoms with Crippen molar-refractivity contribution in [1.29, 1.82) is 5.41 Å². The summed E-state index contributed by atoms with van der Waals surface area (Å²) in [6, 6.07) is 23.5. The minimum atomic E-state index is -0.436. The van der Waals surface area contributed by atoms with Crippen molar-refractivity contribution in [2.75, 3.05) is 31.5 Å². The summed E-state index contributed by atoms with van der Waals surface area (Å²) in [6.07, 6.45) is 1.77. The van der Waals surface area contributed by atoms with Crippen LogP contribution in [0, 0.1) is 5.41 Å². The molecule has 33 heavy (non-hydrogen) atoms. The minimum absolute atomic E-state index is 0. The second-order valence-corrected chi connectivity index (χ2v) is 7.71. The molecule has 1 saturated heterocycles. The predicted molar refractivity (Wildman–Crippen MR) is 133 cm³/mol. The van der Waals surface area contributed by atoms with Gasteiger partial charge in [-0.2, -0.15) is 0 Å². The number of hydrogen-bond donors (Lipinski definition) is 2. The third kappa shape index (κ3) is 4.83. The number of piperazine rings is 1. The Hall–Kier alpha value is -3.84. The number of cyclic esters (lactones) is 1. The number of ether oxygens (including phenoxy) is 1. The van der Waals surface area contributed by atoms with E-state index >= 15 is 0 Å². The molecule has 8 heteroatoms. The SMILES string of the molecule is Cl.N=C(Nc1ccccc1)N1CCN(C=C2N=C(c3cccc4ccccc34)OC2=O)CC1. The lowest BCUT2D eigenvalue weighted by molar-refractivity contribution is -0.130. The molecule has 2 aliphatic rings. The Morgan fingerprint density at radius 2 is 1.64 bits per heavy atom. The van der Waals surface area contributed by atoms with E-state index in [1.165, 1.54) is 0 Å². The maximum absolute atomic E-state index is 12.5. The first-order valence-electron chi connectivity index (χ1n) is 10.6. The van der Waals surface area contributed by atoms with E-state index in [0.717, 1.165) is 22.0 Å². The van der Waals surface area contributed by atoms with Crippen LogP contribution in [-0.2, 0) is 9.53 Å². The van der Waals surface area contributed by atoms with Gasteiger partial charge < -0.3 is 19.9 Å². The molecule has 0 saturated carbocycles. The van der Waals surface area contributed by atoms with Gasteiger partial charge in [-0.15, -0.1) is 12.4 Å². The van der Waals surface area contributed by atoms with Crippen LogP contribution < -0.4 is 5.32 Å². The highest BCUT2D eigenvalue weighted by Gasteiger charge is 2.27. The average molecular weight is 462 g/mol. The number of rotatable bonds is 3. The topological polar surface area (TPSA) is 81.0 Å². The van der Waals surface area contributed by atoms with Crippen molar-refractivity contribution in [1.82, 2.24) is 9.80 Å². The molecule has 2 N–H and O–H groups in total. The second-order valence-electron chi connectivity index (χ2n) is 7.71. The number of esters is 1. The largest absolute Gasteiger partial charge is 0.402 e. The summed E-state index contributed by atoms with van der Waals surface area (Å²) < 4.78 is 5.50. The first-order chi connectivity index (χ1) is 15.7. The van der Waals surface area contributed by atoms with Gasteiger partial charge in [0.25, 0.3) is 0 Å². The van der Waals surface area contributed by atoms with E-state index in [-0.39, 0.29) is 12.4 Å². The number of fused-ring (bicyclic) bond motifs is 1. The van der Waals surface area contributed by atoms with Crippen LogP contribution in [0.3, 0.4) is 0 Å².